The number of hydrogen-bond donors (Lipinski definition) is 0. The molecule has 0 spiro atoms. The molecular formula is C10H15Na. The Kier molecular flexibility index (Phi) is 4.38. The molecule has 0 nitrogen and oxygen atoms in total. The van der Waals surface area contributed by atoms with Crippen LogP contribution in [0, 0.1) is 27.7 Å². The van der Waals surface area contributed by atoms with E-state index in [1.807, 2.05) is 0 Å². The molecule has 56 valence electrons. The van der Waals surface area contributed by atoms with E-state index in [-0.39, 0.29) is 29.6 Å². The Morgan fingerprint density at radius 3 is 1.00 bits per heavy atom. The van der Waals surface area contributed by atoms with Crippen LogP contribution in [0.5, 0.6) is 0 Å². The zero-order valence-corrected chi connectivity index (χ0v) is 7.15. The molecule has 0 heterocycles. The van der Waals surface area contributed by atoms with Crippen molar-refractivity contribution < 1.29 is 0 Å². The van der Waals surface area contributed by atoms with Gasteiger partial charge in [0.2, 0.25) is 0 Å². The summed E-state index contributed by atoms with van der Waals surface area (Å²) in [4.78, 5) is 0. The van der Waals surface area contributed by atoms with Gasteiger partial charge in [0, 0.05) is 0 Å². The first kappa shape index (κ1) is 11.2. The van der Waals surface area contributed by atoms with Crippen LogP contribution in [0.3, 0.4) is 0 Å². The van der Waals surface area contributed by atoms with Crippen molar-refractivity contribution in [2.75, 3.05) is 0 Å². The van der Waals surface area contributed by atoms with Gasteiger partial charge in [0.15, 0.2) is 0 Å². The van der Waals surface area contributed by atoms with Crippen LogP contribution in [0.1, 0.15) is 22.3 Å². The van der Waals surface area contributed by atoms with Gasteiger partial charge in [-0.25, -0.2) is 0 Å². The molecule has 1 rings (SSSR count). The summed E-state index contributed by atoms with van der Waals surface area (Å²) in [6, 6.07) is 4.48. The Hall–Kier alpha value is 0.220. The number of rotatable bonds is 0. The molecule has 1 heteroatoms. The summed E-state index contributed by atoms with van der Waals surface area (Å²) in [5.74, 6) is 0. The first-order valence-corrected chi connectivity index (χ1v) is 3.65. The van der Waals surface area contributed by atoms with Gasteiger partial charge in [0.05, 0.1) is 0 Å². The van der Waals surface area contributed by atoms with E-state index in [1.54, 1.807) is 0 Å². The van der Waals surface area contributed by atoms with Crippen LogP contribution in [0.15, 0.2) is 12.1 Å². The monoisotopic (exact) mass is 158 g/mol. The van der Waals surface area contributed by atoms with Gasteiger partial charge in [0.1, 0.15) is 0 Å². The molecular weight excluding hydrogens is 143 g/mol. The Labute approximate surface area is 91.3 Å². The second-order valence-electron chi connectivity index (χ2n) is 3.02. The van der Waals surface area contributed by atoms with E-state index in [0.29, 0.717) is 0 Å². The molecule has 0 aliphatic heterocycles. The minimum atomic E-state index is 0. The Balaban J connectivity index is 0.000001000. The summed E-state index contributed by atoms with van der Waals surface area (Å²) in [5, 5.41) is 0. The molecule has 0 aliphatic rings. The van der Waals surface area contributed by atoms with E-state index in [2.05, 4.69) is 39.8 Å². The van der Waals surface area contributed by atoms with E-state index in [0.717, 1.165) is 0 Å². The number of benzene rings is 1. The van der Waals surface area contributed by atoms with E-state index in [1.165, 1.54) is 22.3 Å². The van der Waals surface area contributed by atoms with Crippen LogP contribution in [0.25, 0.3) is 0 Å². The standard InChI is InChI=1S/C10H14.Na.H/c1-7-5-9(3)10(4)6-8(7)2;;/h5-6H,1-4H3;;. The molecule has 1 aromatic carbocycles. The van der Waals surface area contributed by atoms with Crippen molar-refractivity contribution in [3.8, 4) is 0 Å². The molecule has 0 N–H and O–H groups in total. The van der Waals surface area contributed by atoms with E-state index in [4.69, 9.17) is 0 Å². The van der Waals surface area contributed by atoms with Gasteiger partial charge in [-0.2, -0.15) is 0 Å². The first-order valence-electron chi connectivity index (χ1n) is 3.65. The van der Waals surface area contributed by atoms with Crippen molar-refractivity contribution in [1.29, 1.82) is 0 Å². The molecule has 0 aromatic heterocycles. The molecule has 0 fully saturated rings. The van der Waals surface area contributed by atoms with Crippen LogP contribution in [-0.4, -0.2) is 29.6 Å². The van der Waals surface area contributed by atoms with Crippen LogP contribution in [0.2, 0.25) is 0 Å². The van der Waals surface area contributed by atoms with E-state index in [9.17, 15) is 0 Å². The molecule has 0 saturated heterocycles. The fourth-order valence-corrected chi connectivity index (χ4v) is 1.10. The minimum absolute atomic E-state index is 0. The fourth-order valence-electron chi connectivity index (χ4n) is 1.10. The zero-order chi connectivity index (χ0) is 7.72. The van der Waals surface area contributed by atoms with Crippen molar-refractivity contribution in [2.24, 2.45) is 0 Å². The van der Waals surface area contributed by atoms with Crippen molar-refractivity contribution in [1.82, 2.24) is 0 Å². The van der Waals surface area contributed by atoms with Gasteiger partial charge < -0.3 is 0 Å². The van der Waals surface area contributed by atoms with Crippen molar-refractivity contribution in [3.63, 3.8) is 0 Å². The summed E-state index contributed by atoms with van der Waals surface area (Å²) in [7, 11) is 0. The molecule has 0 amide bonds. The van der Waals surface area contributed by atoms with Gasteiger partial charge in [-0.15, -0.1) is 0 Å². The van der Waals surface area contributed by atoms with Crippen molar-refractivity contribution in [2.45, 2.75) is 27.7 Å². The summed E-state index contributed by atoms with van der Waals surface area (Å²) in [6.07, 6.45) is 0. The maximum atomic E-state index is 2.24. The van der Waals surface area contributed by atoms with Gasteiger partial charge in [-0.3, -0.25) is 0 Å². The Morgan fingerprint density at radius 1 is 0.636 bits per heavy atom. The zero-order valence-electron chi connectivity index (χ0n) is 7.15. The van der Waals surface area contributed by atoms with Crippen molar-refractivity contribution in [3.05, 3.63) is 34.4 Å². The molecule has 0 saturated carbocycles. The normalized spacial score (nSPS) is 9.09. The summed E-state index contributed by atoms with van der Waals surface area (Å²) >= 11 is 0. The Morgan fingerprint density at radius 2 is 0.818 bits per heavy atom. The van der Waals surface area contributed by atoms with Crippen LogP contribution in [-0.2, 0) is 0 Å². The second kappa shape index (κ2) is 4.30. The van der Waals surface area contributed by atoms with Gasteiger partial charge in [-0.1, -0.05) is 12.1 Å². The van der Waals surface area contributed by atoms with Gasteiger partial charge >= 0.3 is 29.6 Å². The molecule has 11 heavy (non-hydrogen) atoms. The Bertz CT molecular complexity index is 201. The second-order valence-corrected chi connectivity index (χ2v) is 3.02. The molecule has 0 atom stereocenters. The average molecular weight is 158 g/mol. The van der Waals surface area contributed by atoms with Crippen molar-refractivity contribution >= 4 is 29.6 Å². The van der Waals surface area contributed by atoms with Gasteiger partial charge in [0.25, 0.3) is 0 Å². The molecule has 0 aliphatic carbocycles. The third-order valence-corrected chi connectivity index (χ3v) is 2.11. The number of aryl methyl sites for hydroxylation is 4. The molecule has 0 unspecified atom stereocenters. The fraction of sp³-hybridized carbons (Fsp3) is 0.400. The predicted octanol–water partition coefficient (Wildman–Crippen LogP) is 2.27. The third-order valence-electron chi connectivity index (χ3n) is 2.11. The summed E-state index contributed by atoms with van der Waals surface area (Å²) < 4.78 is 0. The predicted molar refractivity (Wildman–Crippen MR) is 52.5 cm³/mol. The topological polar surface area (TPSA) is 0 Å². The quantitative estimate of drug-likeness (QED) is 0.508. The third kappa shape index (κ3) is 2.62. The number of hydrogen-bond acceptors (Lipinski definition) is 0. The molecule has 0 radical (unpaired) electrons. The summed E-state index contributed by atoms with van der Waals surface area (Å²) in [5.41, 5.74) is 5.57. The van der Waals surface area contributed by atoms with E-state index < -0.39 is 0 Å². The van der Waals surface area contributed by atoms with Crippen LogP contribution >= 0.6 is 0 Å². The van der Waals surface area contributed by atoms with Crippen LogP contribution in [0.4, 0.5) is 0 Å². The average Bonchev–Trinajstić information content (AvgIpc) is 1.84. The molecule has 1 aromatic rings. The summed E-state index contributed by atoms with van der Waals surface area (Å²) in [6.45, 7) is 8.62. The maximum absolute atomic E-state index is 2.24. The first-order chi connectivity index (χ1) is 4.61. The SMILES string of the molecule is Cc1cc(C)c(C)cc1C.[NaH]. The van der Waals surface area contributed by atoms with E-state index >= 15 is 0 Å². The van der Waals surface area contributed by atoms with Crippen LogP contribution < -0.4 is 0 Å². The molecule has 0 bridgehead atoms. The van der Waals surface area contributed by atoms with Gasteiger partial charge in [-0.05, 0) is 49.9 Å².